The predicted octanol–water partition coefficient (Wildman–Crippen LogP) is 5.53. The molecule has 0 saturated carbocycles. The maximum absolute atomic E-state index is 12.5. The van der Waals surface area contributed by atoms with Crippen LogP contribution in [0.4, 0.5) is 0 Å². The summed E-state index contributed by atoms with van der Waals surface area (Å²) >= 11 is 13.8. The van der Waals surface area contributed by atoms with Gasteiger partial charge in [0.25, 0.3) is 5.91 Å². The van der Waals surface area contributed by atoms with Crippen molar-refractivity contribution in [2.45, 2.75) is 6.54 Å². The highest BCUT2D eigenvalue weighted by Gasteiger charge is 2.30. The Balaban J connectivity index is 1.77. The number of fused-ring (bicyclic) bond motifs is 1. The largest absolute Gasteiger partial charge is 0.342 e. The van der Waals surface area contributed by atoms with Crippen LogP contribution in [0.3, 0.4) is 0 Å². The first kappa shape index (κ1) is 19.1. The SMILES string of the molecule is CN=C1S/C(=C/c2cn(Cc3ccc(Cl)cc3Cl)c3ccccc23)C(=O)N1C. The van der Waals surface area contributed by atoms with Crippen molar-refractivity contribution in [2.75, 3.05) is 14.1 Å². The highest BCUT2D eigenvalue weighted by atomic mass is 35.5. The van der Waals surface area contributed by atoms with Gasteiger partial charge in [-0.25, -0.2) is 0 Å². The molecule has 142 valence electrons. The Hall–Kier alpha value is -2.21. The lowest BCUT2D eigenvalue weighted by atomic mass is 10.1. The summed E-state index contributed by atoms with van der Waals surface area (Å²) < 4.78 is 2.14. The first-order valence-electron chi connectivity index (χ1n) is 8.64. The van der Waals surface area contributed by atoms with Gasteiger partial charge in [0.1, 0.15) is 0 Å². The number of benzene rings is 2. The summed E-state index contributed by atoms with van der Waals surface area (Å²) in [7, 11) is 3.43. The molecule has 2 heterocycles. The Morgan fingerprint density at radius 1 is 1.18 bits per heavy atom. The van der Waals surface area contributed by atoms with Crippen molar-refractivity contribution >= 4 is 63.0 Å². The van der Waals surface area contributed by atoms with Gasteiger partial charge in [0.2, 0.25) is 0 Å². The highest BCUT2D eigenvalue weighted by Crippen LogP contribution is 2.34. The van der Waals surface area contributed by atoms with E-state index in [1.165, 1.54) is 11.8 Å². The maximum atomic E-state index is 12.5. The van der Waals surface area contributed by atoms with Crippen LogP contribution in [0.2, 0.25) is 10.0 Å². The van der Waals surface area contributed by atoms with Crippen LogP contribution in [0.25, 0.3) is 17.0 Å². The topological polar surface area (TPSA) is 37.6 Å². The van der Waals surface area contributed by atoms with E-state index in [0.29, 0.717) is 26.7 Å². The minimum Gasteiger partial charge on any atom is -0.342 e. The predicted molar refractivity (Wildman–Crippen MR) is 119 cm³/mol. The molecular weight excluding hydrogens is 413 g/mol. The van der Waals surface area contributed by atoms with Crippen molar-refractivity contribution in [1.29, 1.82) is 0 Å². The molecule has 0 radical (unpaired) electrons. The lowest BCUT2D eigenvalue weighted by Gasteiger charge is -2.08. The van der Waals surface area contributed by atoms with Crippen LogP contribution >= 0.6 is 35.0 Å². The molecule has 0 atom stereocenters. The zero-order chi connectivity index (χ0) is 19.8. The van der Waals surface area contributed by atoms with Crippen molar-refractivity contribution < 1.29 is 4.79 Å². The van der Waals surface area contributed by atoms with Crippen molar-refractivity contribution in [3.8, 4) is 0 Å². The van der Waals surface area contributed by atoms with E-state index in [1.54, 1.807) is 25.1 Å². The molecule has 1 fully saturated rings. The second-order valence-electron chi connectivity index (χ2n) is 6.45. The first-order valence-corrected chi connectivity index (χ1v) is 10.2. The van der Waals surface area contributed by atoms with E-state index < -0.39 is 0 Å². The minimum atomic E-state index is -0.0387. The van der Waals surface area contributed by atoms with Gasteiger partial charge in [-0.3, -0.25) is 14.7 Å². The number of aromatic nitrogens is 1. The molecule has 7 heteroatoms. The van der Waals surface area contributed by atoms with Gasteiger partial charge in [-0.15, -0.1) is 0 Å². The number of halogens is 2. The van der Waals surface area contributed by atoms with Gasteiger partial charge >= 0.3 is 0 Å². The second-order valence-corrected chi connectivity index (χ2v) is 8.30. The Morgan fingerprint density at radius 3 is 2.68 bits per heavy atom. The molecule has 1 aromatic heterocycles. The average molecular weight is 430 g/mol. The molecule has 0 bridgehead atoms. The van der Waals surface area contributed by atoms with Gasteiger partial charge in [0.05, 0.1) is 4.91 Å². The number of hydrogen-bond acceptors (Lipinski definition) is 3. The number of amidine groups is 1. The van der Waals surface area contributed by atoms with Crippen LogP contribution in [-0.2, 0) is 11.3 Å². The van der Waals surface area contributed by atoms with Crippen LogP contribution < -0.4 is 0 Å². The van der Waals surface area contributed by atoms with Crippen LogP contribution in [0, 0.1) is 0 Å². The Labute approximate surface area is 177 Å². The number of carbonyl (C=O) groups is 1. The fourth-order valence-corrected chi connectivity index (χ4v) is 4.63. The van der Waals surface area contributed by atoms with Gasteiger partial charge in [-0.2, -0.15) is 0 Å². The van der Waals surface area contributed by atoms with E-state index in [9.17, 15) is 4.79 Å². The van der Waals surface area contributed by atoms with Crippen LogP contribution in [-0.4, -0.2) is 34.6 Å². The van der Waals surface area contributed by atoms with E-state index in [1.807, 2.05) is 30.3 Å². The number of nitrogens with zero attached hydrogens (tertiary/aromatic N) is 3. The molecule has 4 nitrogen and oxygen atoms in total. The number of rotatable bonds is 3. The molecule has 28 heavy (non-hydrogen) atoms. The van der Waals surface area contributed by atoms with E-state index >= 15 is 0 Å². The van der Waals surface area contributed by atoms with E-state index in [-0.39, 0.29) is 5.91 Å². The van der Waals surface area contributed by atoms with Crippen LogP contribution in [0.5, 0.6) is 0 Å². The summed E-state index contributed by atoms with van der Waals surface area (Å²) in [6.07, 6.45) is 3.99. The van der Waals surface area contributed by atoms with Crippen LogP contribution in [0.15, 0.2) is 58.6 Å². The molecule has 0 spiro atoms. The third kappa shape index (κ3) is 3.46. The summed E-state index contributed by atoms with van der Waals surface area (Å²) in [5.41, 5.74) is 3.05. The highest BCUT2D eigenvalue weighted by molar-refractivity contribution is 8.18. The third-order valence-corrected chi connectivity index (χ3v) is 6.40. The molecule has 4 rings (SSSR count). The number of thioether (sulfide) groups is 1. The normalized spacial score (nSPS) is 17.4. The van der Waals surface area contributed by atoms with Crippen molar-refractivity contribution in [2.24, 2.45) is 4.99 Å². The third-order valence-electron chi connectivity index (χ3n) is 4.66. The monoisotopic (exact) mass is 429 g/mol. The van der Waals surface area contributed by atoms with Gasteiger partial charge < -0.3 is 4.57 Å². The molecule has 1 aliphatic rings. The number of para-hydroxylation sites is 1. The average Bonchev–Trinajstić information content (AvgIpc) is 3.16. The molecule has 3 aromatic rings. The molecule has 0 aliphatic carbocycles. The number of amides is 1. The Kier molecular flexibility index (Phi) is 5.23. The van der Waals surface area contributed by atoms with Crippen molar-refractivity contribution in [3.63, 3.8) is 0 Å². The standard InChI is InChI=1S/C21H17Cl2N3OS/c1-24-21-25(2)20(27)19(28-21)9-14-12-26(18-6-4-3-5-16(14)18)11-13-7-8-15(22)10-17(13)23/h3-10,12H,11H2,1-2H3/b19-9+,24-21?. The molecule has 0 N–H and O–H groups in total. The smallest absolute Gasteiger partial charge is 0.266 e. The number of aliphatic imine (C=N–C) groups is 1. The van der Waals surface area contributed by atoms with Gasteiger partial charge in [0.15, 0.2) is 5.17 Å². The lowest BCUT2D eigenvalue weighted by molar-refractivity contribution is -0.121. The minimum absolute atomic E-state index is 0.0387. The Bertz CT molecular complexity index is 1150. The fraction of sp³-hybridized carbons (Fsp3) is 0.143. The summed E-state index contributed by atoms with van der Waals surface area (Å²) in [5, 5.41) is 3.04. The molecule has 0 unspecified atom stereocenters. The summed E-state index contributed by atoms with van der Waals surface area (Å²) in [4.78, 5) is 18.9. The van der Waals surface area contributed by atoms with E-state index in [4.69, 9.17) is 23.2 Å². The molecule has 1 amide bonds. The summed E-state index contributed by atoms with van der Waals surface area (Å²) in [6.45, 7) is 0.613. The second kappa shape index (κ2) is 7.66. The quantitative estimate of drug-likeness (QED) is 0.513. The van der Waals surface area contributed by atoms with E-state index in [0.717, 1.165) is 22.0 Å². The molecule has 2 aromatic carbocycles. The van der Waals surface area contributed by atoms with Crippen molar-refractivity contribution in [3.05, 3.63) is 74.7 Å². The molecular formula is C21H17Cl2N3OS. The molecule has 1 saturated heterocycles. The summed E-state index contributed by atoms with van der Waals surface area (Å²) in [5.74, 6) is -0.0387. The fourth-order valence-electron chi connectivity index (χ4n) is 3.25. The first-order chi connectivity index (χ1) is 13.5. The van der Waals surface area contributed by atoms with Gasteiger partial charge in [-0.1, -0.05) is 47.5 Å². The van der Waals surface area contributed by atoms with Crippen LogP contribution in [0.1, 0.15) is 11.1 Å². The Morgan fingerprint density at radius 2 is 1.96 bits per heavy atom. The molecule has 1 aliphatic heterocycles. The van der Waals surface area contributed by atoms with Gasteiger partial charge in [-0.05, 0) is 41.6 Å². The maximum Gasteiger partial charge on any atom is 0.266 e. The number of carbonyl (C=O) groups excluding carboxylic acids is 1. The summed E-state index contributed by atoms with van der Waals surface area (Å²) in [6, 6.07) is 13.7. The van der Waals surface area contributed by atoms with E-state index in [2.05, 4.69) is 27.9 Å². The zero-order valence-corrected chi connectivity index (χ0v) is 17.6. The number of likely N-dealkylation sites (N-methyl/N-ethyl adjacent to an activating group) is 1. The lowest BCUT2D eigenvalue weighted by Crippen LogP contribution is -2.23. The van der Waals surface area contributed by atoms with Gasteiger partial charge in [0, 0.05) is 53.3 Å². The van der Waals surface area contributed by atoms with Crippen molar-refractivity contribution in [1.82, 2.24) is 9.47 Å². The zero-order valence-electron chi connectivity index (χ0n) is 15.3. The number of hydrogen-bond donors (Lipinski definition) is 0.